The molecule has 0 aliphatic carbocycles. The number of carbonyl (C=O) groups excluding carboxylic acids is 1. The summed E-state index contributed by atoms with van der Waals surface area (Å²) in [4.78, 5) is 11.4. The van der Waals surface area contributed by atoms with Gasteiger partial charge in [0.2, 0.25) is 0 Å². The van der Waals surface area contributed by atoms with Gasteiger partial charge < -0.3 is 14.9 Å². The predicted molar refractivity (Wildman–Crippen MR) is 108 cm³/mol. The highest BCUT2D eigenvalue weighted by Gasteiger charge is 2.07. The maximum atomic E-state index is 11.4. The Hall–Kier alpha value is -0.870. The second-order valence-corrected chi connectivity index (χ2v) is 7.21. The van der Waals surface area contributed by atoms with Crippen molar-refractivity contribution in [2.45, 2.75) is 109 Å². The Bertz CT molecular complexity index is 328. The molecule has 0 rings (SSSR count). The summed E-state index contributed by atoms with van der Waals surface area (Å²) in [6.45, 7) is 1.77. The molecule has 0 heterocycles. The van der Waals surface area contributed by atoms with Gasteiger partial charge in [-0.1, -0.05) is 76.9 Å². The SMILES string of the molecule is CCCCCCCC/C=C/CCCCCCCCC(=O)OCC(O)CO. The van der Waals surface area contributed by atoms with Crippen LogP contribution in [0.2, 0.25) is 0 Å². The highest BCUT2D eigenvalue weighted by molar-refractivity contribution is 5.69. The van der Waals surface area contributed by atoms with Crippen LogP contribution in [0.15, 0.2) is 12.2 Å². The lowest BCUT2D eigenvalue weighted by molar-refractivity contribution is -0.147. The lowest BCUT2D eigenvalue weighted by atomic mass is 10.1. The Kier molecular flexibility index (Phi) is 19.8. The molecule has 0 aromatic carbocycles. The van der Waals surface area contributed by atoms with Crippen molar-refractivity contribution in [3.05, 3.63) is 12.2 Å². The smallest absolute Gasteiger partial charge is 0.305 e. The van der Waals surface area contributed by atoms with E-state index in [1.54, 1.807) is 0 Å². The Morgan fingerprint density at radius 1 is 0.846 bits per heavy atom. The summed E-state index contributed by atoms with van der Waals surface area (Å²) >= 11 is 0. The predicted octanol–water partition coefficient (Wildman–Crippen LogP) is 5.31. The van der Waals surface area contributed by atoms with Gasteiger partial charge in [0, 0.05) is 6.42 Å². The first-order chi connectivity index (χ1) is 12.7. The molecular weight excluding hydrogens is 328 g/mol. The number of esters is 1. The van der Waals surface area contributed by atoms with Crippen LogP contribution in [-0.2, 0) is 9.53 Å². The van der Waals surface area contributed by atoms with E-state index in [-0.39, 0.29) is 19.2 Å². The molecule has 0 spiro atoms. The molecule has 4 heteroatoms. The molecule has 0 amide bonds. The molecule has 1 unspecified atom stereocenters. The molecule has 26 heavy (non-hydrogen) atoms. The minimum absolute atomic E-state index is 0.109. The van der Waals surface area contributed by atoms with E-state index in [4.69, 9.17) is 14.9 Å². The number of aliphatic hydroxyl groups is 2. The monoisotopic (exact) mass is 370 g/mol. The van der Waals surface area contributed by atoms with Crippen LogP contribution in [0.25, 0.3) is 0 Å². The largest absolute Gasteiger partial charge is 0.463 e. The van der Waals surface area contributed by atoms with Crippen LogP contribution in [-0.4, -0.2) is 35.5 Å². The zero-order valence-electron chi connectivity index (χ0n) is 17.0. The lowest BCUT2D eigenvalue weighted by Crippen LogP contribution is -2.21. The van der Waals surface area contributed by atoms with Crippen molar-refractivity contribution in [1.82, 2.24) is 0 Å². The van der Waals surface area contributed by atoms with E-state index in [2.05, 4.69) is 19.1 Å². The average Bonchev–Trinajstić information content (AvgIpc) is 2.65. The van der Waals surface area contributed by atoms with Crippen LogP contribution in [0, 0.1) is 0 Å². The van der Waals surface area contributed by atoms with Gasteiger partial charge in [-0.05, 0) is 32.1 Å². The molecule has 0 aliphatic rings. The van der Waals surface area contributed by atoms with E-state index < -0.39 is 6.10 Å². The van der Waals surface area contributed by atoms with E-state index >= 15 is 0 Å². The number of hydrogen-bond donors (Lipinski definition) is 2. The molecule has 0 aromatic heterocycles. The Morgan fingerprint density at radius 2 is 1.35 bits per heavy atom. The van der Waals surface area contributed by atoms with E-state index in [0.29, 0.717) is 6.42 Å². The van der Waals surface area contributed by atoms with E-state index in [1.807, 2.05) is 0 Å². The second-order valence-electron chi connectivity index (χ2n) is 7.21. The number of ether oxygens (including phenoxy) is 1. The van der Waals surface area contributed by atoms with Crippen LogP contribution >= 0.6 is 0 Å². The standard InChI is InChI=1S/C22H42O4/c1-2-3-4-5-6-7-8-9-10-11-12-13-14-15-16-17-18-22(25)26-20-21(24)19-23/h9-10,21,23-24H,2-8,11-20H2,1H3/b10-9+. The molecule has 0 aliphatic heterocycles. The molecule has 0 saturated carbocycles. The molecule has 1 atom stereocenters. The number of carbonyl (C=O) groups is 1. The van der Waals surface area contributed by atoms with Crippen LogP contribution < -0.4 is 0 Å². The summed E-state index contributed by atoms with van der Waals surface area (Å²) in [5, 5.41) is 17.7. The Morgan fingerprint density at radius 3 is 1.88 bits per heavy atom. The quantitative estimate of drug-likeness (QED) is 0.184. The lowest BCUT2D eigenvalue weighted by Gasteiger charge is -2.08. The maximum absolute atomic E-state index is 11.4. The van der Waals surface area contributed by atoms with Crippen LogP contribution in [0.4, 0.5) is 0 Å². The van der Waals surface area contributed by atoms with Crippen molar-refractivity contribution in [2.75, 3.05) is 13.2 Å². The minimum Gasteiger partial charge on any atom is -0.463 e. The highest BCUT2D eigenvalue weighted by atomic mass is 16.5. The number of allylic oxidation sites excluding steroid dienone is 2. The van der Waals surface area contributed by atoms with Crippen molar-refractivity contribution < 1.29 is 19.7 Å². The number of hydrogen-bond acceptors (Lipinski definition) is 4. The van der Waals surface area contributed by atoms with Crippen LogP contribution in [0.1, 0.15) is 103 Å². The molecular formula is C22H42O4. The third-order valence-corrected chi connectivity index (χ3v) is 4.54. The molecule has 2 N–H and O–H groups in total. The summed E-state index contributed by atoms with van der Waals surface area (Å²) in [5.41, 5.74) is 0. The second kappa shape index (κ2) is 20.4. The fourth-order valence-corrected chi connectivity index (χ4v) is 2.83. The van der Waals surface area contributed by atoms with Gasteiger partial charge in [-0.25, -0.2) is 0 Å². The number of rotatable bonds is 19. The topological polar surface area (TPSA) is 66.8 Å². The summed E-state index contributed by atoms with van der Waals surface area (Å²) in [7, 11) is 0. The summed E-state index contributed by atoms with van der Waals surface area (Å²) in [5.74, 6) is -0.284. The summed E-state index contributed by atoms with van der Waals surface area (Å²) < 4.78 is 4.86. The highest BCUT2D eigenvalue weighted by Crippen LogP contribution is 2.11. The third kappa shape index (κ3) is 19.5. The molecule has 4 nitrogen and oxygen atoms in total. The normalized spacial score (nSPS) is 12.6. The number of unbranched alkanes of at least 4 members (excludes halogenated alkanes) is 12. The van der Waals surface area contributed by atoms with Crippen molar-refractivity contribution in [3.8, 4) is 0 Å². The Balaban J connectivity index is 3.21. The first kappa shape index (κ1) is 25.1. The van der Waals surface area contributed by atoms with Crippen molar-refractivity contribution in [3.63, 3.8) is 0 Å². The fourth-order valence-electron chi connectivity index (χ4n) is 2.83. The molecule has 0 saturated heterocycles. The van der Waals surface area contributed by atoms with Crippen molar-refractivity contribution >= 4 is 5.97 Å². The first-order valence-electron chi connectivity index (χ1n) is 10.8. The molecule has 0 bridgehead atoms. The maximum Gasteiger partial charge on any atom is 0.305 e. The molecule has 0 radical (unpaired) electrons. The van der Waals surface area contributed by atoms with Gasteiger partial charge in [-0.3, -0.25) is 4.79 Å². The first-order valence-corrected chi connectivity index (χ1v) is 10.8. The van der Waals surface area contributed by atoms with Gasteiger partial charge in [-0.2, -0.15) is 0 Å². The summed E-state index contributed by atoms with van der Waals surface area (Å²) in [6.07, 6.45) is 21.5. The van der Waals surface area contributed by atoms with E-state index in [1.165, 1.54) is 70.6 Å². The minimum atomic E-state index is -0.959. The summed E-state index contributed by atoms with van der Waals surface area (Å²) in [6, 6.07) is 0. The van der Waals surface area contributed by atoms with E-state index in [9.17, 15) is 4.79 Å². The zero-order valence-corrected chi connectivity index (χ0v) is 17.0. The van der Waals surface area contributed by atoms with Crippen molar-refractivity contribution in [2.24, 2.45) is 0 Å². The van der Waals surface area contributed by atoms with E-state index in [0.717, 1.165) is 19.3 Å². The van der Waals surface area contributed by atoms with Gasteiger partial charge in [0.15, 0.2) is 0 Å². The average molecular weight is 371 g/mol. The third-order valence-electron chi connectivity index (χ3n) is 4.54. The molecule has 154 valence electrons. The van der Waals surface area contributed by atoms with Crippen LogP contribution in [0.5, 0.6) is 0 Å². The van der Waals surface area contributed by atoms with Gasteiger partial charge in [0.25, 0.3) is 0 Å². The van der Waals surface area contributed by atoms with Crippen molar-refractivity contribution in [1.29, 1.82) is 0 Å². The Labute approximate surface area is 161 Å². The fraction of sp³-hybridized carbons (Fsp3) is 0.864. The van der Waals surface area contributed by atoms with Crippen LogP contribution in [0.3, 0.4) is 0 Å². The zero-order chi connectivity index (χ0) is 19.3. The number of aliphatic hydroxyl groups excluding tert-OH is 2. The van der Waals surface area contributed by atoms with Gasteiger partial charge in [-0.15, -0.1) is 0 Å². The van der Waals surface area contributed by atoms with Gasteiger partial charge in [0.1, 0.15) is 12.7 Å². The molecule has 0 aromatic rings. The molecule has 0 fully saturated rings. The van der Waals surface area contributed by atoms with Gasteiger partial charge >= 0.3 is 5.97 Å². The van der Waals surface area contributed by atoms with Gasteiger partial charge in [0.05, 0.1) is 6.61 Å².